The Labute approximate surface area is 79.0 Å². The van der Waals surface area contributed by atoms with Gasteiger partial charge in [0.05, 0.1) is 6.04 Å². The Kier molecular flexibility index (Phi) is 3.69. The molecule has 0 aliphatic heterocycles. The summed E-state index contributed by atoms with van der Waals surface area (Å²) in [5, 5.41) is 2.85. The fraction of sp³-hybridized carbons (Fsp3) is 0.889. The van der Waals surface area contributed by atoms with Crippen molar-refractivity contribution in [3.8, 4) is 0 Å². The Balaban J connectivity index is 2.26. The molecule has 1 rings (SSSR count). The van der Waals surface area contributed by atoms with E-state index in [2.05, 4.69) is 5.32 Å². The third-order valence-corrected chi connectivity index (χ3v) is 2.31. The van der Waals surface area contributed by atoms with E-state index in [1.54, 1.807) is 0 Å². The van der Waals surface area contributed by atoms with Gasteiger partial charge < -0.3 is 16.8 Å². The first-order chi connectivity index (χ1) is 6.15. The van der Waals surface area contributed by atoms with Crippen LogP contribution in [0.1, 0.15) is 32.6 Å². The standard InChI is InChI=1S/C9H19N3O/c1-2-3-7(10)8(11)9(13)12-6-4-5-6/h6-8H,2-5,10-11H2,1H3,(H,12,13). The van der Waals surface area contributed by atoms with Crippen LogP contribution >= 0.6 is 0 Å². The van der Waals surface area contributed by atoms with Crippen molar-refractivity contribution in [3.05, 3.63) is 0 Å². The molecule has 0 aromatic heterocycles. The molecule has 0 radical (unpaired) electrons. The first kappa shape index (κ1) is 10.5. The largest absolute Gasteiger partial charge is 0.352 e. The Morgan fingerprint density at radius 1 is 1.54 bits per heavy atom. The van der Waals surface area contributed by atoms with Crippen LogP contribution in [0.15, 0.2) is 0 Å². The molecule has 1 aliphatic rings. The highest BCUT2D eigenvalue weighted by Gasteiger charge is 2.27. The van der Waals surface area contributed by atoms with Crippen LogP contribution in [0.4, 0.5) is 0 Å². The van der Waals surface area contributed by atoms with Gasteiger partial charge in [0, 0.05) is 12.1 Å². The van der Waals surface area contributed by atoms with Gasteiger partial charge in [-0.1, -0.05) is 13.3 Å². The molecule has 0 spiro atoms. The second kappa shape index (κ2) is 4.58. The third-order valence-electron chi connectivity index (χ3n) is 2.31. The molecule has 76 valence electrons. The van der Waals surface area contributed by atoms with Gasteiger partial charge in [-0.25, -0.2) is 0 Å². The van der Waals surface area contributed by atoms with Crippen molar-refractivity contribution in [2.24, 2.45) is 11.5 Å². The van der Waals surface area contributed by atoms with Gasteiger partial charge in [-0.2, -0.15) is 0 Å². The molecule has 2 atom stereocenters. The predicted octanol–water partition coefficient (Wildman–Crippen LogP) is -0.280. The van der Waals surface area contributed by atoms with Crippen LogP contribution in [0, 0.1) is 0 Å². The van der Waals surface area contributed by atoms with Gasteiger partial charge in [-0.3, -0.25) is 4.79 Å². The van der Waals surface area contributed by atoms with Gasteiger partial charge in [0.15, 0.2) is 0 Å². The van der Waals surface area contributed by atoms with E-state index in [-0.39, 0.29) is 11.9 Å². The summed E-state index contributed by atoms with van der Waals surface area (Å²) in [7, 11) is 0. The normalized spacial score (nSPS) is 20.8. The summed E-state index contributed by atoms with van der Waals surface area (Å²) >= 11 is 0. The topological polar surface area (TPSA) is 81.1 Å². The number of rotatable bonds is 5. The maximum absolute atomic E-state index is 11.4. The SMILES string of the molecule is CCCC(N)C(N)C(=O)NC1CC1. The molecule has 4 nitrogen and oxygen atoms in total. The average Bonchev–Trinajstić information content (AvgIpc) is 2.87. The molecule has 2 unspecified atom stereocenters. The van der Waals surface area contributed by atoms with Gasteiger partial charge in [-0.15, -0.1) is 0 Å². The maximum Gasteiger partial charge on any atom is 0.238 e. The van der Waals surface area contributed by atoms with E-state index in [1.165, 1.54) is 0 Å². The molecule has 1 fully saturated rings. The van der Waals surface area contributed by atoms with Crippen molar-refractivity contribution in [1.82, 2.24) is 5.32 Å². The lowest BCUT2D eigenvalue weighted by molar-refractivity contribution is -0.122. The number of amides is 1. The van der Waals surface area contributed by atoms with Crippen molar-refractivity contribution in [3.63, 3.8) is 0 Å². The molecule has 0 saturated heterocycles. The minimum absolute atomic E-state index is 0.0940. The zero-order chi connectivity index (χ0) is 9.84. The van der Waals surface area contributed by atoms with Crippen molar-refractivity contribution >= 4 is 5.91 Å². The molecule has 0 heterocycles. The molecule has 1 amide bonds. The lowest BCUT2D eigenvalue weighted by Crippen LogP contribution is -2.52. The van der Waals surface area contributed by atoms with Crippen molar-refractivity contribution < 1.29 is 4.79 Å². The van der Waals surface area contributed by atoms with Gasteiger partial charge in [0.1, 0.15) is 0 Å². The van der Waals surface area contributed by atoms with E-state index in [4.69, 9.17) is 11.5 Å². The highest BCUT2D eigenvalue weighted by molar-refractivity contribution is 5.82. The molecule has 5 N–H and O–H groups in total. The second-order valence-electron chi connectivity index (χ2n) is 3.76. The van der Waals surface area contributed by atoms with Gasteiger partial charge in [0.2, 0.25) is 5.91 Å². The molecule has 0 aromatic carbocycles. The summed E-state index contributed by atoms with van der Waals surface area (Å²) < 4.78 is 0. The monoisotopic (exact) mass is 185 g/mol. The predicted molar refractivity (Wildman–Crippen MR) is 52.0 cm³/mol. The molecule has 1 saturated carbocycles. The maximum atomic E-state index is 11.4. The minimum atomic E-state index is -0.541. The smallest absolute Gasteiger partial charge is 0.238 e. The van der Waals surface area contributed by atoms with Crippen LogP contribution in [0.3, 0.4) is 0 Å². The lowest BCUT2D eigenvalue weighted by Gasteiger charge is -2.18. The van der Waals surface area contributed by atoms with E-state index in [0.717, 1.165) is 25.7 Å². The summed E-state index contributed by atoms with van der Waals surface area (Å²) in [5.74, 6) is -0.0940. The Morgan fingerprint density at radius 2 is 2.15 bits per heavy atom. The first-order valence-corrected chi connectivity index (χ1v) is 4.96. The zero-order valence-electron chi connectivity index (χ0n) is 8.12. The average molecular weight is 185 g/mol. The Morgan fingerprint density at radius 3 is 2.62 bits per heavy atom. The van der Waals surface area contributed by atoms with Crippen LogP contribution < -0.4 is 16.8 Å². The fourth-order valence-electron chi connectivity index (χ4n) is 1.23. The van der Waals surface area contributed by atoms with Gasteiger partial charge in [-0.05, 0) is 19.3 Å². The summed E-state index contributed by atoms with van der Waals surface area (Å²) in [6, 6.07) is -0.378. The van der Waals surface area contributed by atoms with Crippen LogP contribution in [0.25, 0.3) is 0 Å². The minimum Gasteiger partial charge on any atom is -0.352 e. The third kappa shape index (κ3) is 3.32. The number of nitrogens with two attached hydrogens (primary N) is 2. The van der Waals surface area contributed by atoms with E-state index < -0.39 is 6.04 Å². The van der Waals surface area contributed by atoms with Gasteiger partial charge in [0.25, 0.3) is 0 Å². The molecular weight excluding hydrogens is 166 g/mol. The number of hydrogen-bond acceptors (Lipinski definition) is 3. The molecule has 4 heteroatoms. The molecule has 13 heavy (non-hydrogen) atoms. The van der Waals surface area contributed by atoms with Crippen LogP contribution in [-0.2, 0) is 4.79 Å². The summed E-state index contributed by atoms with van der Waals surface area (Å²) in [5.41, 5.74) is 11.4. The van der Waals surface area contributed by atoms with Crippen molar-refractivity contribution in [1.29, 1.82) is 0 Å². The van der Waals surface area contributed by atoms with Crippen molar-refractivity contribution in [2.45, 2.75) is 50.7 Å². The van der Waals surface area contributed by atoms with Crippen LogP contribution in [-0.4, -0.2) is 24.0 Å². The van der Waals surface area contributed by atoms with E-state index in [9.17, 15) is 4.79 Å². The summed E-state index contributed by atoms with van der Waals surface area (Å²) in [6.07, 6.45) is 3.94. The quantitative estimate of drug-likeness (QED) is 0.551. The first-order valence-electron chi connectivity index (χ1n) is 4.96. The molecular formula is C9H19N3O. The highest BCUT2D eigenvalue weighted by atomic mass is 16.2. The molecule has 0 bridgehead atoms. The number of carbonyl (C=O) groups excluding carboxylic acids is 1. The Bertz CT molecular complexity index is 180. The lowest BCUT2D eigenvalue weighted by atomic mass is 10.0. The Hall–Kier alpha value is -0.610. The van der Waals surface area contributed by atoms with E-state index >= 15 is 0 Å². The second-order valence-corrected chi connectivity index (χ2v) is 3.76. The number of carbonyl (C=O) groups is 1. The van der Waals surface area contributed by atoms with Crippen molar-refractivity contribution in [2.75, 3.05) is 0 Å². The number of nitrogens with one attached hydrogen (secondary N) is 1. The summed E-state index contributed by atoms with van der Waals surface area (Å²) in [6.45, 7) is 2.03. The van der Waals surface area contributed by atoms with Crippen LogP contribution in [0.2, 0.25) is 0 Å². The molecule has 1 aliphatic carbocycles. The number of hydrogen-bond donors (Lipinski definition) is 3. The highest BCUT2D eigenvalue weighted by Crippen LogP contribution is 2.18. The molecule has 0 aromatic rings. The van der Waals surface area contributed by atoms with Crippen LogP contribution in [0.5, 0.6) is 0 Å². The van der Waals surface area contributed by atoms with Gasteiger partial charge >= 0.3 is 0 Å². The van der Waals surface area contributed by atoms with E-state index in [0.29, 0.717) is 6.04 Å². The zero-order valence-corrected chi connectivity index (χ0v) is 8.12. The van der Waals surface area contributed by atoms with E-state index in [1.807, 2.05) is 6.92 Å². The summed E-state index contributed by atoms with van der Waals surface area (Å²) in [4.78, 5) is 11.4. The fourth-order valence-corrected chi connectivity index (χ4v) is 1.23.